The van der Waals surface area contributed by atoms with Crippen molar-refractivity contribution < 1.29 is 17.6 Å². The Hall–Kier alpha value is -1.14. The van der Waals surface area contributed by atoms with E-state index in [1.807, 2.05) is 20.8 Å². The Labute approximate surface area is 122 Å². The van der Waals surface area contributed by atoms with Crippen LogP contribution in [-0.2, 0) is 9.05 Å². The van der Waals surface area contributed by atoms with Crippen LogP contribution >= 0.6 is 10.7 Å². The zero-order chi connectivity index (χ0) is 15.6. The van der Waals surface area contributed by atoms with Crippen LogP contribution in [0.5, 0.6) is 0 Å². The SMILES string of the molecule is CCCC(C)(C)NC(=O)c1ccc(S(=O)(=O)Cl)cc1F. The Bertz CT molecular complexity index is 614. The molecule has 1 amide bonds. The molecule has 1 rings (SSSR count). The van der Waals surface area contributed by atoms with Gasteiger partial charge in [0.1, 0.15) is 5.82 Å². The van der Waals surface area contributed by atoms with Gasteiger partial charge in [-0.05, 0) is 38.5 Å². The van der Waals surface area contributed by atoms with E-state index in [4.69, 9.17) is 10.7 Å². The minimum Gasteiger partial charge on any atom is -0.347 e. The lowest BCUT2D eigenvalue weighted by molar-refractivity contribution is 0.0904. The fourth-order valence-corrected chi connectivity index (χ4v) is 2.66. The summed E-state index contributed by atoms with van der Waals surface area (Å²) in [6.45, 7) is 5.66. The summed E-state index contributed by atoms with van der Waals surface area (Å²) in [5.41, 5.74) is -0.673. The molecule has 112 valence electrons. The Morgan fingerprint density at radius 3 is 2.45 bits per heavy atom. The third kappa shape index (κ3) is 4.45. The Balaban J connectivity index is 3.01. The predicted octanol–water partition coefficient (Wildman–Crippen LogP) is 3.06. The van der Waals surface area contributed by atoms with Crippen LogP contribution in [0.3, 0.4) is 0 Å². The van der Waals surface area contributed by atoms with Crippen LogP contribution in [-0.4, -0.2) is 19.9 Å². The van der Waals surface area contributed by atoms with Crippen molar-refractivity contribution in [3.8, 4) is 0 Å². The van der Waals surface area contributed by atoms with Gasteiger partial charge in [0.15, 0.2) is 0 Å². The lowest BCUT2D eigenvalue weighted by Gasteiger charge is -2.25. The molecule has 0 spiro atoms. The van der Waals surface area contributed by atoms with Crippen molar-refractivity contribution in [2.24, 2.45) is 0 Å². The Morgan fingerprint density at radius 1 is 1.40 bits per heavy atom. The van der Waals surface area contributed by atoms with Gasteiger partial charge in [0.25, 0.3) is 15.0 Å². The number of hydrogen-bond donors (Lipinski definition) is 1. The average Bonchev–Trinajstić information content (AvgIpc) is 2.26. The lowest BCUT2D eigenvalue weighted by atomic mass is 9.98. The zero-order valence-corrected chi connectivity index (χ0v) is 13.1. The maximum atomic E-state index is 13.8. The van der Waals surface area contributed by atoms with Crippen molar-refractivity contribution >= 4 is 25.6 Å². The second kappa shape index (κ2) is 6.10. The van der Waals surface area contributed by atoms with Gasteiger partial charge in [-0.1, -0.05) is 13.3 Å². The number of nitrogens with one attached hydrogen (secondary N) is 1. The molecule has 0 saturated heterocycles. The first-order valence-electron chi connectivity index (χ1n) is 6.13. The number of carbonyl (C=O) groups excluding carboxylic acids is 1. The monoisotopic (exact) mass is 321 g/mol. The fourth-order valence-electron chi connectivity index (χ4n) is 1.89. The fraction of sp³-hybridized carbons (Fsp3) is 0.462. The van der Waals surface area contributed by atoms with Crippen LogP contribution in [0.2, 0.25) is 0 Å². The molecule has 20 heavy (non-hydrogen) atoms. The highest BCUT2D eigenvalue weighted by molar-refractivity contribution is 8.13. The topological polar surface area (TPSA) is 63.2 Å². The summed E-state index contributed by atoms with van der Waals surface area (Å²) in [7, 11) is 1.10. The molecular weight excluding hydrogens is 305 g/mol. The van der Waals surface area contributed by atoms with E-state index in [-0.39, 0.29) is 10.5 Å². The molecule has 0 bridgehead atoms. The molecule has 1 N–H and O–H groups in total. The lowest BCUT2D eigenvalue weighted by Crippen LogP contribution is -2.43. The van der Waals surface area contributed by atoms with E-state index in [1.54, 1.807) is 0 Å². The first-order valence-corrected chi connectivity index (χ1v) is 8.44. The molecule has 0 atom stereocenters. The molecule has 0 saturated carbocycles. The summed E-state index contributed by atoms with van der Waals surface area (Å²) in [4.78, 5) is 11.6. The van der Waals surface area contributed by atoms with Gasteiger partial charge in [0, 0.05) is 16.2 Å². The maximum Gasteiger partial charge on any atom is 0.261 e. The van der Waals surface area contributed by atoms with Crippen LogP contribution in [0.25, 0.3) is 0 Å². The van der Waals surface area contributed by atoms with Gasteiger partial charge in [-0.15, -0.1) is 0 Å². The molecular formula is C13H17ClFNO3S. The molecule has 0 heterocycles. The van der Waals surface area contributed by atoms with E-state index in [1.165, 1.54) is 0 Å². The van der Waals surface area contributed by atoms with E-state index in [0.717, 1.165) is 31.0 Å². The number of benzene rings is 1. The number of halogens is 2. The van der Waals surface area contributed by atoms with Crippen molar-refractivity contribution in [3.63, 3.8) is 0 Å². The standard InChI is InChI=1S/C13H17ClFNO3S/c1-4-7-13(2,3)16-12(17)10-6-5-9(8-11(10)15)20(14,18)19/h5-6,8H,4,7H2,1-3H3,(H,16,17). The van der Waals surface area contributed by atoms with Gasteiger partial charge in [0.2, 0.25) is 0 Å². The quantitative estimate of drug-likeness (QED) is 0.848. The second-order valence-electron chi connectivity index (χ2n) is 5.17. The van der Waals surface area contributed by atoms with Crippen LogP contribution in [0.15, 0.2) is 23.1 Å². The molecule has 7 heteroatoms. The molecule has 0 unspecified atom stereocenters. The first-order chi connectivity index (χ1) is 9.07. The van der Waals surface area contributed by atoms with Gasteiger partial charge in [-0.2, -0.15) is 0 Å². The van der Waals surface area contributed by atoms with Crippen molar-refractivity contribution in [2.45, 2.75) is 44.0 Å². The maximum absolute atomic E-state index is 13.8. The average molecular weight is 322 g/mol. The Kier molecular flexibility index (Phi) is 5.15. The predicted molar refractivity (Wildman–Crippen MR) is 75.9 cm³/mol. The molecule has 0 aliphatic carbocycles. The van der Waals surface area contributed by atoms with Gasteiger partial charge < -0.3 is 5.32 Å². The van der Waals surface area contributed by atoms with E-state index in [9.17, 15) is 17.6 Å². The van der Waals surface area contributed by atoms with E-state index >= 15 is 0 Å². The molecule has 0 aliphatic rings. The molecule has 0 fully saturated rings. The normalized spacial score (nSPS) is 12.2. The van der Waals surface area contributed by atoms with Crippen molar-refractivity contribution in [1.29, 1.82) is 0 Å². The number of carbonyl (C=O) groups is 1. The minimum absolute atomic E-state index is 0.210. The minimum atomic E-state index is -4.01. The molecule has 1 aromatic rings. The van der Waals surface area contributed by atoms with E-state index in [2.05, 4.69) is 5.32 Å². The van der Waals surface area contributed by atoms with Crippen LogP contribution in [0.1, 0.15) is 44.0 Å². The summed E-state index contributed by atoms with van der Waals surface area (Å²) in [6.07, 6.45) is 1.62. The van der Waals surface area contributed by atoms with Crippen LogP contribution < -0.4 is 5.32 Å². The molecule has 0 aromatic heterocycles. The van der Waals surface area contributed by atoms with E-state index < -0.39 is 26.3 Å². The molecule has 4 nitrogen and oxygen atoms in total. The highest BCUT2D eigenvalue weighted by Gasteiger charge is 2.23. The summed E-state index contributed by atoms with van der Waals surface area (Å²) < 4.78 is 36.0. The smallest absolute Gasteiger partial charge is 0.261 e. The summed E-state index contributed by atoms with van der Waals surface area (Å²) in [5, 5.41) is 2.71. The number of rotatable bonds is 5. The van der Waals surface area contributed by atoms with Crippen molar-refractivity contribution in [2.75, 3.05) is 0 Å². The van der Waals surface area contributed by atoms with Gasteiger partial charge >= 0.3 is 0 Å². The highest BCUT2D eigenvalue weighted by Crippen LogP contribution is 2.19. The molecule has 1 aromatic carbocycles. The summed E-state index contributed by atoms with van der Waals surface area (Å²) in [6, 6.07) is 2.96. The van der Waals surface area contributed by atoms with Gasteiger partial charge in [-0.25, -0.2) is 12.8 Å². The third-order valence-corrected chi connectivity index (χ3v) is 4.15. The van der Waals surface area contributed by atoms with Gasteiger partial charge in [-0.3, -0.25) is 4.79 Å². The highest BCUT2D eigenvalue weighted by atomic mass is 35.7. The molecule has 0 aliphatic heterocycles. The largest absolute Gasteiger partial charge is 0.347 e. The van der Waals surface area contributed by atoms with Crippen LogP contribution in [0.4, 0.5) is 4.39 Å². The summed E-state index contributed by atoms with van der Waals surface area (Å²) in [5.74, 6) is -1.50. The second-order valence-corrected chi connectivity index (χ2v) is 7.73. The zero-order valence-electron chi connectivity index (χ0n) is 11.5. The van der Waals surface area contributed by atoms with Crippen LogP contribution in [0, 0.1) is 5.82 Å². The number of hydrogen-bond acceptors (Lipinski definition) is 3. The summed E-state index contributed by atoms with van der Waals surface area (Å²) >= 11 is 0. The third-order valence-electron chi connectivity index (χ3n) is 2.79. The number of amides is 1. The van der Waals surface area contributed by atoms with Crippen molar-refractivity contribution in [3.05, 3.63) is 29.6 Å². The van der Waals surface area contributed by atoms with Gasteiger partial charge in [0.05, 0.1) is 10.5 Å². The van der Waals surface area contributed by atoms with E-state index in [0.29, 0.717) is 0 Å². The Morgan fingerprint density at radius 2 is 2.00 bits per heavy atom. The van der Waals surface area contributed by atoms with Crippen molar-refractivity contribution in [1.82, 2.24) is 5.32 Å². The first kappa shape index (κ1) is 16.9. The molecule has 0 radical (unpaired) electrons.